The van der Waals surface area contributed by atoms with Gasteiger partial charge in [-0.25, -0.2) is 8.42 Å². The lowest BCUT2D eigenvalue weighted by Crippen LogP contribution is -2.40. The fourth-order valence-electron chi connectivity index (χ4n) is 3.40. The largest absolute Gasteiger partial charge is 0.452 e. The molecule has 2 aromatic heterocycles. The van der Waals surface area contributed by atoms with E-state index in [0.29, 0.717) is 22.9 Å². The summed E-state index contributed by atoms with van der Waals surface area (Å²) in [7, 11) is -3.49. The Hall–Kier alpha value is -2.56. The van der Waals surface area contributed by atoms with Crippen LogP contribution < -0.4 is 0 Å². The van der Waals surface area contributed by atoms with Crippen molar-refractivity contribution < 1.29 is 22.4 Å². The first kappa shape index (κ1) is 21.7. The van der Waals surface area contributed by atoms with Gasteiger partial charge in [0.15, 0.2) is 6.10 Å². The van der Waals surface area contributed by atoms with Gasteiger partial charge in [-0.3, -0.25) is 4.79 Å². The topological polar surface area (TPSA) is 103 Å². The summed E-state index contributed by atoms with van der Waals surface area (Å²) >= 11 is 1.19. The Balaban J connectivity index is 1.33. The molecule has 1 saturated heterocycles. The predicted molar refractivity (Wildman–Crippen MR) is 115 cm³/mol. The van der Waals surface area contributed by atoms with Gasteiger partial charge < -0.3 is 9.15 Å². The van der Waals surface area contributed by atoms with E-state index in [1.807, 2.05) is 31.2 Å². The van der Waals surface area contributed by atoms with Crippen LogP contribution in [-0.4, -0.2) is 42.0 Å². The first-order valence-electron chi connectivity index (χ1n) is 9.99. The van der Waals surface area contributed by atoms with E-state index >= 15 is 0 Å². The molecule has 0 saturated carbocycles. The van der Waals surface area contributed by atoms with Crippen molar-refractivity contribution in [3.63, 3.8) is 0 Å². The van der Waals surface area contributed by atoms with Crippen molar-refractivity contribution in [1.82, 2.24) is 14.5 Å². The molecule has 10 heteroatoms. The first-order valence-corrected chi connectivity index (χ1v) is 12.3. The highest BCUT2D eigenvalue weighted by molar-refractivity contribution is 7.91. The minimum Gasteiger partial charge on any atom is -0.452 e. The van der Waals surface area contributed by atoms with Crippen LogP contribution in [0, 0.1) is 12.8 Å². The molecule has 8 nitrogen and oxygen atoms in total. The SMILES string of the molecule is Cc1ccc(-c2nnc(C(C)OC(=O)C3CCN(S(=O)(=O)c4cccs4)CC3)o2)cc1. The number of ether oxygens (including phenoxy) is 1. The van der Waals surface area contributed by atoms with Crippen LogP contribution >= 0.6 is 11.3 Å². The minimum atomic E-state index is -3.49. The van der Waals surface area contributed by atoms with E-state index in [9.17, 15) is 13.2 Å². The van der Waals surface area contributed by atoms with Crippen molar-refractivity contribution in [2.45, 2.75) is 37.0 Å². The molecule has 0 amide bonds. The minimum absolute atomic E-state index is 0.224. The zero-order chi connectivity index (χ0) is 22.0. The predicted octanol–water partition coefficient (Wildman–Crippen LogP) is 3.81. The second-order valence-corrected chi connectivity index (χ2v) is 10.6. The fourth-order valence-corrected chi connectivity index (χ4v) is 6.02. The third-order valence-electron chi connectivity index (χ3n) is 5.26. The van der Waals surface area contributed by atoms with Gasteiger partial charge in [0.25, 0.3) is 15.9 Å². The normalized spacial score (nSPS) is 16.8. The standard InChI is InChI=1S/C21H23N3O5S2/c1-14-5-7-16(8-6-14)20-23-22-19(29-20)15(2)28-21(25)17-9-11-24(12-10-17)31(26,27)18-4-3-13-30-18/h3-8,13,15,17H,9-12H2,1-2H3. The molecule has 0 aliphatic carbocycles. The van der Waals surface area contributed by atoms with Crippen LogP contribution in [0.2, 0.25) is 0 Å². The number of hydrogen-bond acceptors (Lipinski definition) is 8. The van der Waals surface area contributed by atoms with Gasteiger partial charge in [0, 0.05) is 18.7 Å². The van der Waals surface area contributed by atoms with E-state index in [-0.39, 0.29) is 30.9 Å². The number of thiophene rings is 1. The van der Waals surface area contributed by atoms with Crippen LogP contribution in [0.15, 0.2) is 50.4 Å². The zero-order valence-electron chi connectivity index (χ0n) is 17.2. The van der Waals surface area contributed by atoms with Gasteiger partial charge in [0.1, 0.15) is 4.21 Å². The van der Waals surface area contributed by atoms with Crippen LogP contribution in [0.4, 0.5) is 0 Å². The van der Waals surface area contributed by atoms with E-state index in [1.165, 1.54) is 15.6 Å². The highest BCUT2D eigenvalue weighted by Gasteiger charge is 2.34. The number of nitrogens with zero attached hydrogens (tertiary/aromatic N) is 3. The van der Waals surface area contributed by atoms with Crippen molar-refractivity contribution in [2.75, 3.05) is 13.1 Å². The van der Waals surface area contributed by atoms with Crippen molar-refractivity contribution in [3.05, 3.63) is 53.2 Å². The number of carbonyl (C=O) groups is 1. The van der Waals surface area contributed by atoms with Crippen molar-refractivity contribution in [2.24, 2.45) is 5.92 Å². The van der Waals surface area contributed by atoms with Gasteiger partial charge in [-0.05, 0) is 50.3 Å². The van der Waals surface area contributed by atoms with Crippen LogP contribution in [0.5, 0.6) is 0 Å². The number of sulfonamides is 1. The lowest BCUT2D eigenvalue weighted by atomic mass is 9.98. The van der Waals surface area contributed by atoms with Gasteiger partial charge in [-0.2, -0.15) is 4.31 Å². The molecule has 0 radical (unpaired) electrons. The number of rotatable bonds is 6. The Labute approximate surface area is 184 Å². The van der Waals surface area contributed by atoms with Crippen LogP contribution in [0.25, 0.3) is 11.5 Å². The van der Waals surface area contributed by atoms with Gasteiger partial charge in [-0.15, -0.1) is 21.5 Å². The number of aryl methyl sites for hydroxylation is 1. The Kier molecular flexibility index (Phi) is 6.22. The van der Waals surface area contributed by atoms with E-state index in [2.05, 4.69) is 10.2 Å². The smallest absolute Gasteiger partial charge is 0.309 e. The molecule has 1 aliphatic heterocycles. The highest BCUT2D eigenvalue weighted by Crippen LogP contribution is 2.29. The molecular formula is C21H23N3O5S2. The fraction of sp³-hybridized carbons (Fsp3) is 0.381. The zero-order valence-corrected chi connectivity index (χ0v) is 18.9. The summed E-state index contributed by atoms with van der Waals surface area (Å²) in [5.41, 5.74) is 1.92. The molecule has 1 atom stereocenters. The summed E-state index contributed by atoms with van der Waals surface area (Å²) in [6, 6.07) is 11.0. The average molecular weight is 462 g/mol. The molecule has 164 valence electrons. The van der Waals surface area contributed by atoms with Crippen LogP contribution in [-0.2, 0) is 19.6 Å². The molecule has 1 aromatic carbocycles. The maximum Gasteiger partial charge on any atom is 0.309 e. The van der Waals surface area contributed by atoms with E-state index < -0.39 is 16.1 Å². The van der Waals surface area contributed by atoms with Gasteiger partial charge >= 0.3 is 5.97 Å². The molecule has 1 unspecified atom stereocenters. The molecule has 1 aliphatic rings. The Morgan fingerprint density at radius 2 is 1.90 bits per heavy atom. The lowest BCUT2D eigenvalue weighted by Gasteiger charge is -2.30. The summed E-state index contributed by atoms with van der Waals surface area (Å²) in [6.45, 7) is 4.24. The number of piperidine rings is 1. The summed E-state index contributed by atoms with van der Waals surface area (Å²) in [5, 5.41) is 9.78. The van der Waals surface area contributed by atoms with Crippen LogP contribution in [0.3, 0.4) is 0 Å². The maximum atomic E-state index is 12.6. The molecule has 3 heterocycles. The third kappa shape index (κ3) is 4.70. The first-order chi connectivity index (χ1) is 14.8. The van der Waals surface area contributed by atoms with E-state index in [4.69, 9.17) is 9.15 Å². The van der Waals surface area contributed by atoms with Crippen LogP contribution in [0.1, 0.15) is 37.3 Å². The summed E-state index contributed by atoms with van der Waals surface area (Å²) < 4.78 is 38.2. The number of hydrogen-bond donors (Lipinski definition) is 0. The summed E-state index contributed by atoms with van der Waals surface area (Å²) in [4.78, 5) is 12.6. The van der Waals surface area contributed by atoms with Crippen molar-refractivity contribution in [3.8, 4) is 11.5 Å². The lowest BCUT2D eigenvalue weighted by molar-refractivity contribution is -0.156. The van der Waals surface area contributed by atoms with E-state index in [0.717, 1.165) is 11.1 Å². The van der Waals surface area contributed by atoms with Gasteiger partial charge in [0.05, 0.1) is 5.92 Å². The third-order valence-corrected chi connectivity index (χ3v) is 8.53. The Morgan fingerprint density at radius 1 is 1.19 bits per heavy atom. The highest BCUT2D eigenvalue weighted by atomic mass is 32.2. The monoisotopic (exact) mass is 461 g/mol. The number of carbonyl (C=O) groups excluding carboxylic acids is 1. The summed E-state index contributed by atoms with van der Waals surface area (Å²) in [6.07, 6.45) is 0.135. The molecule has 0 bridgehead atoms. The Morgan fingerprint density at radius 3 is 2.55 bits per heavy atom. The quantitative estimate of drug-likeness (QED) is 0.514. The maximum absolute atomic E-state index is 12.6. The van der Waals surface area contributed by atoms with Crippen molar-refractivity contribution in [1.29, 1.82) is 0 Å². The summed E-state index contributed by atoms with van der Waals surface area (Å²) in [5.74, 6) is -0.154. The number of esters is 1. The molecular weight excluding hydrogens is 438 g/mol. The molecule has 0 N–H and O–H groups in total. The molecule has 31 heavy (non-hydrogen) atoms. The second-order valence-electron chi connectivity index (χ2n) is 7.50. The van der Waals surface area contributed by atoms with Crippen molar-refractivity contribution >= 4 is 27.3 Å². The number of benzene rings is 1. The second kappa shape index (κ2) is 8.89. The molecule has 1 fully saturated rings. The Bertz CT molecular complexity index is 1130. The van der Waals surface area contributed by atoms with Gasteiger partial charge in [-0.1, -0.05) is 23.8 Å². The number of aromatic nitrogens is 2. The molecule has 4 rings (SSSR count). The molecule has 3 aromatic rings. The average Bonchev–Trinajstić information content (AvgIpc) is 3.47. The molecule has 0 spiro atoms. The van der Waals surface area contributed by atoms with Gasteiger partial charge in [0.2, 0.25) is 5.89 Å². The van der Waals surface area contributed by atoms with E-state index in [1.54, 1.807) is 24.4 Å².